The molecule has 2 saturated heterocycles. The molecule has 0 saturated carbocycles. The summed E-state index contributed by atoms with van der Waals surface area (Å²) >= 11 is 1.53. The van der Waals surface area contributed by atoms with Crippen molar-refractivity contribution in [1.29, 1.82) is 0 Å². The second-order valence-electron chi connectivity index (χ2n) is 11.0. The first-order chi connectivity index (χ1) is 17.7. The second-order valence-corrected chi connectivity index (χ2v) is 12.4. The van der Waals surface area contributed by atoms with Crippen molar-refractivity contribution in [2.45, 2.75) is 62.6 Å². The van der Waals surface area contributed by atoms with Crippen LogP contribution in [0.15, 0.2) is 42.5 Å². The van der Waals surface area contributed by atoms with E-state index >= 15 is 0 Å². The SMILES string of the molecule is Cc1ccc(C)c(N2CC=C[C@]34S[C@H]5/C=C\CCCOC(=O)[C@H]5[C@H]3C(=O)N([C@@H](CO)C(C)C)C4C2=O)c1. The van der Waals surface area contributed by atoms with Gasteiger partial charge in [0, 0.05) is 17.5 Å². The summed E-state index contributed by atoms with van der Waals surface area (Å²) in [5.74, 6) is -2.30. The van der Waals surface area contributed by atoms with Crippen LogP contribution < -0.4 is 4.90 Å². The van der Waals surface area contributed by atoms with Gasteiger partial charge in [-0.3, -0.25) is 14.4 Å². The first kappa shape index (κ1) is 26.0. The maximum atomic E-state index is 14.6. The zero-order valence-electron chi connectivity index (χ0n) is 21.9. The molecule has 0 aromatic heterocycles. The molecule has 7 nitrogen and oxygen atoms in total. The average Bonchev–Trinajstić information content (AvgIpc) is 3.26. The van der Waals surface area contributed by atoms with Gasteiger partial charge in [0.25, 0.3) is 5.91 Å². The van der Waals surface area contributed by atoms with E-state index in [4.69, 9.17) is 4.74 Å². The number of carbonyl (C=O) groups is 3. The van der Waals surface area contributed by atoms with E-state index in [0.29, 0.717) is 13.2 Å². The maximum absolute atomic E-state index is 14.6. The molecule has 0 radical (unpaired) electrons. The molecule has 198 valence electrons. The first-order valence-electron chi connectivity index (χ1n) is 13.2. The number of anilines is 1. The summed E-state index contributed by atoms with van der Waals surface area (Å²) in [6.45, 7) is 8.30. The molecule has 5 rings (SSSR count). The number of aryl methyl sites for hydroxylation is 2. The van der Waals surface area contributed by atoms with Crippen LogP contribution in [0.25, 0.3) is 0 Å². The fourth-order valence-electron chi connectivity index (χ4n) is 6.40. The molecular formula is C29H36N2O5S. The summed E-state index contributed by atoms with van der Waals surface area (Å²) < 4.78 is 4.70. The minimum atomic E-state index is -0.930. The standard InChI is InChI=1S/C29H36N2O5S/c1-17(2)21(16-32)31-25-27(34)30(20-15-18(3)10-11-19(20)4)13-8-12-29(25)24(26(31)33)23-22(37-29)9-6-5-7-14-36-28(23)35/h6,8-12,15,17,21-25,32H,5,7,13-14,16H2,1-4H3/b9-6-/t21-,22-,23+,24-,25?,29-/m0/s1. The molecule has 2 fully saturated rings. The van der Waals surface area contributed by atoms with E-state index in [2.05, 4.69) is 6.08 Å². The number of nitrogens with zero attached hydrogens (tertiary/aromatic N) is 2. The van der Waals surface area contributed by atoms with Gasteiger partial charge >= 0.3 is 5.97 Å². The van der Waals surface area contributed by atoms with Crippen LogP contribution in [-0.2, 0) is 19.1 Å². The van der Waals surface area contributed by atoms with Gasteiger partial charge in [-0.25, -0.2) is 0 Å². The molecule has 37 heavy (non-hydrogen) atoms. The molecule has 1 aromatic carbocycles. The van der Waals surface area contributed by atoms with Crippen LogP contribution >= 0.6 is 11.8 Å². The van der Waals surface area contributed by atoms with E-state index in [1.54, 1.807) is 9.80 Å². The number of amides is 2. The fraction of sp³-hybridized carbons (Fsp3) is 0.552. The number of hydrogen-bond donors (Lipinski definition) is 1. The third-order valence-corrected chi connectivity index (χ3v) is 10.0. The summed E-state index contributed by atoms with van der Waals surface area (Å²) in [7, 11) is 0. The van der Waals surface area contributed by atoms with Crippen LogP contribution in [-0.4, -0.2) is 69.6 Å². The Balaban J connectivity index is 1.67. The second kappa shape index (κ2) is 9.95. The van der Waals surface area contributed by atoms with Crippen LogP contribution in [0, 0.1) is 31.6 Å². The van der Waals surface area contributed by atoms with Crippen LogP contribution in [0.3, 0.4) is 0 Å². The highest BCUT2D eigenvalue weighted by Gasteiger charge is 2.71. The number of ether oxygens (including phenoxy) is 1. The highest BCUT2D eigenvalue weighted by molar-refractivity contribution is 8.02. The topological polar surface area (TPSA) is 87.2 Å². The number of aliphatic hydroxyl groups excluding tert-OH is 1. The molecular weight excluding hydrogens is 488 g/mol. The number of fused-ring (bicyclic) bond motifs is 2. The van der Waals surface area contributed by atoms with Gasteiger partial charge in [0.1, 0.15) is 6.04 Å². The Labute approximate surface area is 222 Å². The molecule has 4 aliphatic rings. The largest absolute Gasteiger partial charge is 0.465 e. The van der Waals surface area contributed by atoms with E-state index in [1.165, 1.54) is 11.8 Å². The number of cyclic esters (lactones) is 1. The Hall–Kier alpha value is -2.58. The number of esters is 1. The Bertz CT molecular complexity index is 1160. The molecule has 1 aromatic rings. The van der Waals surface area contributed by atoms with E-state index in [1.807, 2.05) is 64.1 Å². The van der Waals surface area contributed by atoms with Gasteiger partial charge in [-0.15, -0.1) is 11.8 Å². The molecule has 4 aliphatic heterocycles. The molecule has 1 spiro atoms. The van der Waals surface area contributed by atoms with Crippen molar-refractivity contribution in [3.8, 4) is 0 Å². The van der Waals surface area contributed by atoms with Crippen molar-refractivity contribution in [1.82, 2.24) is 4.90 Å². The van der Waals surface area contributed by atoms with Crippen LogP contribution in [0.2, 0.25) is 0 Å². The van der Waals surface area contributed by atoms with Gasteiger partial charge in [-0.2, -0.15) is 0 Å². The van der Waals surface area contributed by atoms with Gasteiger partial charge < -0.3 is 19.6 Å². The predicted molar refractivity (Wildman–Crippen MR) is 144 cm³/mol. The van der Waals surface area contributed by atoms with Crippen LogP contribution in [0.5, 0.6) is 0 Å². The van der Waals surface area contributed by atoms with Gasteiger partial charge in [0.05, 0.1) is 35.8 Å². The lowest BCUT2D eigenvalue weighted by Crippen LogP contribution is -2.57. The van der Waals surface area contributed by atoms with E-state index < -0.39 is 28.7 Å². The Morgan fingerprint density at radius 3 is 2.68 bits per heavy atom. The summed E-state index contributed by atoms with van der Waals surface area (Å²) in [5.41, 5.74) is 2.83. The number of carbonyl (C=O) groups excluding carboxylic acids is 3. The predicted octanol–water partition coefficient (Wildman–Crippen LogP) is 3.41. The number of benzene rings is 1. The zero-order chi connectivity index (χ0) is 26.5. The molecule has 1 unspecified atom stereocenters. The Morgan fingerprint density at radius 2 is 1.95 bits per heavy atom. The molecule has 4 heterocycles. The lowest BCUT2D eigenvalue weighted by atomic mass is 9.78. The number of aliphatic hydroxyl groups is 1. The lowest BCUT2D eigenvalue weighted by molar-refractivity contribution is -0.153. The number of rotatable bonds is 4. The third-order valence-electron chi connectivity index (χ3n) is 8.26. The van der Waals surface area contributed by atoms with Crippen molar-refractivity contribution in [3.05, 3.63) is 53.6 Å². The van der Waals surface area contributed by atoms with Crippen molar-refractivity contribution in [2.24, 2.45) is 17.8 Å². The summed E-state index contributed by atoms with van der Waals surface area (Å²) in [6.07, 6.45) is 9.61. The van der Waals surface area contributed by atoms with Gasteiger partial charge in [-0.1, -0.05) is 50.3 Å². The van der Waals surface area contributed by atoms with Gasteiger partial charge in [0.2, 0.25) is 5.91 Å². The van der Waals surface area contributed by atoms with Crippen molar-refractivity contribution in [2.75, 3.05) is 24.7 Å². The van der Waals surface area contributed by atoms with Gasteiger partial charge in [-0.05, 0) is 49.8 Å². The number of thioether (sulfide) groups is 1. The minimum Gasteiger partial charge on any atom is -0.465 e. The van der Waals surface area contributed by atoms with E-state index in [9.17, 15) is 19.5 Å². The minimum absolute atomic E-state index is 0.0767. The Kier molecular flexibility index (Phi) is 7.00. The van der Waals surface area contributed by atoms with Crippen LogP contribution in [0.4, 0.5) is 5.69 Å². The third kappa shape index (κ3) is 4.13. The van der Waals surface area contributed by atoms with Crippen molar-refractivity contribution in [3.63, 3.8) is 0 Å². The highest BCUT2D eigenvalue weighted by Crippen LogP contribution is 2.61. The monoisotopic (exact) mass is 524 g/mol. The summed E-state index contributed by atoms with van der Waals surface area (Å²) in [5, 5.41) is 10.1. The molecule has 0 aliphatic carbocycles. The van der Waals surface area contributed by atoms with Gasteiger partial charge in [0.15, 0.2) is 0 Å². The zero-order valence-corrected chi connectivity index (χ0v) is 22.7. The molecule has 1 N–H and O–H groups in total. The van der Waals surface area contributed by atoms with Crippen molar-refractivity contribution < 1.29 is 24.2 Å². The van der Waals surface area contributed by atoms with Crippen molar-refractivity contribution >= 4 is 35.2 Å². The Morgan fingerprint density at radius 1 is 1.16 bits per heavy atom. The number of hydrogen-bond acceptors (Lipinski definition) is 6. The number of likely N-dealkylation sites (tertiary alicyclic amines) is 1. The summed E-state index contributed by atoms with van der Waals surface area (Å²) in [6, 6.07) is 4.64. The molecule has 0 bridgehead atoms. The van der Waals surface area contributed by atoms with E-state index in [-0.39, 0.29) is 35.6 Å². The molecule has 8 heteroatoms. The summed E-state index contributed by atoms with van der Waals surface area (Å²) in [4.78, 5) is 45.6. The van der Waals surface area contributed by atoms with E-state index in [0.717, 1.165) is 29.7 Å². The normalized spacial score (nSPS) is 33.2. The quantitative estimate of drug-likeness (QED) is 0.480. The number of allylic oxidation sites excluding steroid dienone is 1. The average molecular weight is 525 g/mol. The first-order valence-corrected chi connectivity index (χ1v) is 14.1. The maximum Gasteiger partial charge on any atom is 0.311 e. The smallest absolute Gasteiger partial charge is 0.311 e. The lowest BCUT2D eigenvalue weighted by Gasteiger charge is -2.40. The fourth-order valence-corrected chi connectivity index (χ4v) is 8.38. The van der Waals surface area contributed by atoms with Crippen LogP contribution in [0.1, 0.15) is 37.8 Å². The molecule has 6 atom stereocenters. The highest BCUT2D eigenvalue weighted by atomic mass is 32.2. The molecule has 2 amide bonds.